The minimum atomic E-state index is -3.83. The summed E-state index contributed by atoms with van der Waals surface area (Å²) >= 11 is 5.79. The van der Waals surface area contributed by atoms with E-state index in [4.69, 9.17) is 11.6 Å². The molecule has 19 heavy (non-hydrogen) atoms. The van der Waals surface area contributed by atoms with Crippen LogP contribution in [0.15, 0.2) is 29.2 Å². The number of hydrogen-bond donors (Lipinski definition) is 3. The first-order valence-electron chi connectivity index (χ1n) is 5.26. The van der Waals surface area contributed by atoms with E-state index in [-0.39, 0.29) is 16.5 Å². The molecule has 9 heteroatoms. The summed E-state index contributed by atoms with van der Waals surface area (Å²) in [6, 6.07) is 4.35. The molecular formula is C10H10ClN3O4S. The highest BCUT2D eigenvalue weighted by molar-refractivity contribution is 7.89. The van der Waals surface area contributed by atoms with Gasteiger partial charge in [-0.15, -0.1) is 0 Å². The predicted molar refractivity (Wildman–Crippen MR) is 67.1 cm³/mol. The standard InChI is InChI=1S/C10H10ClN3O4S/c11-6-3-1-2-4-8(6)19(17,18)12-5-7-9(15)14-10(16)13-7/h1-4,7,12H,5H2,(H2,13,14,15,16). The van der Waals surface area contributed by atoms with Crippen molar-refractivity contribution in [3.8, 4) is 0 Å². The average Bonchev–Trinajstić information content (AvgIpc) is 2.66. The number of benzene rings is 1. The van der Waals surface area contributed by atoms with Gasteiger partial charge in [0.15, 0.2) is 0 Å². The molecule has 0 aliphatic carbocycles. The Balaban J connectivity index is 2.09. The van der Waals surface area contributed by atoms with Crippen molar-refractivity contribution >= 4 is 33.6 Å². The number of hydrogen-bond acceptors (Lipinski definition) is 4. The Morgan fingerprint density at radius 2 is 1.95 bits per heavy atom. The Morgan fingerprint density at radius 1 is 1.26 bits per heavy atom. The number of halogens is 1. The second kappa shape index (κ2) is 5.16. The van der Waals surface area contributed by atoms with Crippen molar-refractivity contribution in [3.63, 3.8) is 0 Å². The molecule has 0 spiro atoms. The molecule has 1 saturated heterocycles. The fourth-order valence-corrected chi connectivity index (χ4v) is 3.10. The molecule has 3 N–H and O–H groups in total. The number of carbonyl (C=O) groups is 2. The van der Waals surface area contributed by atoms with Crippen LogP contribution in [0.4, 0.5) is 4.79 Å². The molecule has 7 nitrogen and oxygen atoms in total. The minimum absolute atomic E-state index is 0.0786. The van der Waals surface area contributed by atoms with Crippen molar-refractivity contribution in [1.82, 2.24) is 15.4 Å². The molecule has 0 bridgehead atoms. The molecule has 0 radical (unpaired) electrons. The summed E-state index contributed by atoms with van der Waals surface area (Å²) in [6.07, 6.45) is 0. The van der Waals surface area contributed by atoms with Gasteiger partial charge in [0.2, 0.25) is 10.0 Å². The summed E-state index contributed by atoms with van der Waals surface area (Å²) in [6.45, 7) is -0.245. The highest BCUT2D eigenvalue weighted by Crippen LogP contribution is 2.19. The molecule has 1 unspecified atom stereocenters. The van der Waals surface area contributed by atoms with E-state index < -0.39 is 28.0 Å². The largest absolute Gasteiger partial charge is 0.325 e. The third-order valence-corrected chi connectivity index (χ3v) is 4.39. The Hall–Kier alpha value is -1.64. The maximum absolute atomic E-state index is 12.0. The molecule has 0 aromatic heterocycles. The van der Waals surface area contributed by atoms with Crippen LogP contribution in [0.3, 0.4) is 0 Å². The molecule has 1 aromatic rings. The van der Waals surface area contributed by atoms with Crippen molar-refractivity contribution in [1.29, 1.82) is 0 Å². The van der Waals surface area contributed by atoms with Gasteiger partial charge in [-0.05, 0) is 12.1 Å². The van der Waals surface area contributed by atoms with Gasteiger partial charge >= 0.3 is 6.03 Å². The van der Waals surface area contributed by atoms with Gasteiger partial charge in [0.1, 0.15) is 10.9 Å². The molecular weight excluding hydrogens is 294 g/mol. The first kappa shape index (κ1) is 13.8. The van der Waals surface area contributed by atoms with Crippen LogP contribution in [-0.2, 0) is 14.8 Å². The van der Waals surface area contributed by atoms with Crippen molar-refractivity contribution in [3.05, 3.63) is 29.3 Å². The molecule has 1 heterocycles. The van der Waals surface area contributed by atoms with Gasteiger partial charge in [-0.25, -0.2) is 17.9 Å². The fraction of sp³-hybridized carbons (Fsp3) is 0.200. The quantitative estimate of drug-likeness (QED) is 0.671. The lowest BCUT2D eigenvalue weighted by Gasteiger charge is -2.10. The van der Waals surface area contributed by atoms with Gasteiger partial charge in [0.25, 0.3) is 5.91 Å². The van der Waals surface area contributed by atoms with Crippen LogP contribution >= 0.6 is 11.6 Å². The molecule has 1 aromatic carbocycles. The van der Waals surface area contributed by atoms with Crippen LogP contribution in [0.1, 0.15) is 0 Å². The van der Waals surface area contributed by atoms with E-state index in [0.717, 1.165) is 0 Å². The molecule has 2 rings (SSSR count). The lowest BCUT2D eigenvalue weighted by molar-refractivity contribution is -0.120. The van der Waals surface area contributed by atoms with E-state index in [0.29, 0.717) is 0 Å². The Bertz CT molecular complexity index is 631. The number of amides is 3. The van der Waals surface area contributed by atoms with Crippen LogP contribution in [-0.4, -0.2) is 32.9 Å². The zero-order valence-corrected chi connectivity index (χ0v) is 11.1. The number of nitrogens with one attached hydrogen (secondary N) is 3. The molecule has 3 amide bonds. The van der Waals surface area contributed by atoms with Crippen LogP contribution in [0, 0.1) is 0 Å². The summed E-state index contributed by atoms with van der Waals surface area (Å²) in [5, 5.41) is 4.37. The summed E-state index contributed by atoms with van der Waals surface area (Å²) in [7, 11) is -3.83. The highest BCUT2D eigenvalue weighted by atomic mass is 35.5. The number of imide groups is 1. The summed E-state index contributed by atoms with van der Waals surface area (Å²) in [5.74, 6) is -0.577. The summed E-state index contributed by atoms with van der Waals surface area (Å²) in [4.78, 5) is 22.0. The highest BCUT2D eigenvalue weighted by Gasteiger charge is 2.30. The first-order chi connectivity index (χ1) is 8.90. The second-order valence-electron chi connectivity index (χ2n) is 3.80. The average molecular weight is 304 g/mol. The normalized spacial score (nSPS) is 19.1. The van der Waals surface area contributed by atoms with Crippen molar-refractivity contribution in [2.24, 2.45) is 0 Å². The first-order valence-corrected chi connectivity index (χ1v) is 7.12. The molecule has 0 saturated carbocycles. The number of rotatable bonds is 4. The van der Waals surface area contributed by atoms with Gasteiger partial charge < -0.3 is 5.32 Å². The lowest BCUT2D eigenvalue weighted by Crippen LogP contribution is -2.41. The molecule has 1 fully saturated rings. The van der Waals surface area contributed by atoms with Gasteiger partial charge in [0.05, 0.1) is 5.02 Å². The molecule has 1 aliphatic rings. The monoisotopic (exact) mass is 303 g/mol. The van der Waals surface area contributed by atoms with Crippen LogP contribution in [0.5, 0.6) is 0 Å². The maximum atomic E-state index is 12.0. The third kappa shape index (κ3) is 3.03. The Labute approximate surface area is 114 Å². The van der Waals surface area contributed by atoms with Crippen molar-refractivity contribution < 1.29 is 18.0 Å². The SMILES string of the molecule is O=C1NC(=O)C(CNS(=O)(=O)c2ccccc2Cl)N1. The van der Waals surface area contributed by atoms with Gasteiger partial charge in [-0.2, -0.15) is 0 Å². The van der Waals surface area contributed by atoms with Crippen LogP contribution < -0.4 is 15.4 Å². The molecule has 1 atom stereocenters. The zero-order valence-electron chi connectivity index (χ0n) is 9.51. The van der Waals surface area contributed by atoms with E-state index in [2.05, 4.69) is 10.0 Å². The molecule has 102 valence electrons. The van der Waals surface area contributed by atoms with E-state index in [9.17, 15) is 18.0 Å². The zero-order chi connectivity index (χ0) is 14.0. The Kier molecular flexibility index (Phi) is 3.74. The lowest BCUT2D eigenvalue weighted by atomic mass is 10.3. The minimum Gasteiger partial charge on any atom is -0.325 e. The Morgan fingerprint density at radius 3 is 2.53 bits per heavy atom. The van der Waals surface area contributed by atoms with Gasteiger partial charge in [-0.3, -0.25) is 10.1 Å². The molecule has 1 aliphatic heterocycles. The van der Waals surface area contributed by atoms with E-state index in [1.807, 2.05) is 5.32 Å². The third-order valence-electron chi connectivity index (χ3n) is 2.46. The van der Waals surface area contributed by atoms with E-state index in [1.54, 1.807) is 6.07 Å². The fourth-order valence-electron chi connectivity index (χ4n) is 1.54. The van der Waals surface area contributed by atoms with E-state index in [1.165, 1.54) is 18.2 Å². The number of urea groups is 1. The topological polar surface area (TPSA) is 104 Å². The van der Waals surface area contributed by atoms with Crippen molar-refractivity contribution in [2.45, 2.75) is 10.9 Å². The second-order valence-corrected chi connectivity index (χ2v) is 5.94. The number of carbonyl (C=O) groups excluding carboxylic acids is 2. The number of sulfonamides is 1. The van der Waals surface area contributed by atoms with Gasteiger partial charge in [0, 0.05) is 6.54 Å². The van der Waals surface area contributed by atoms with Crippen LogP contribution in [0.25, 0.3) is 0 Å². The predicted octanol–water partition coefficient (Wildman–Crippen LogP) is -0.174. The smallest absolute Gasteiger partial charge is 0.322 e. The maximum Gasteiger partial charge on any atom is 0.322 e. The van der Waals surface area contributed by atoms with Crippen molar-refractivity contribution in [2.75, 3.05) is 6.54 Å². The van der Waals surface area contributed by atoms with Gasteiger partial charge in [-0.1, -0.05) is 23.7 Å². The van der Waals surface area contributed by atoms with E-state index >= 15 is 0 Å². The summed E-state index contributed by atoms with van der Waals surface area (Å²) < 4.78 is 26.1. The van der Waals surface area contributed by atoms with Crippen LogP contribution in [0.2, 0.25) is 5.02 Å². The summed E-state index contributed by atoms with van der Waals surface area (Å²) in [5.41, 5.74) is 0.